The average Bonchev–Trinajstić information content (AvgIpc) is 3.47. The third kappa shape index (κ3) is 3.63. The number of nitrogens with zero attached hydrogens (tertiary/aromatic N) is 4. The monoisotopic (exact) mass is 415 g/mol. The van der Waals surface area contributed by atoms with Crippen molar-refractivity contribution in [2.24, 2.45) is 5.92 Å². The molecule has 1 saturated heterocycles. The molecular formula is C24H25N5O2. The van der Waals surface area contributed by atoms with Crippen LogP contribution in [0.3, 0.4) is 0 Å². The van der Waals surface area contributed by atoms with Crippen LogP contribution in [0.25, 0.3) is 16.9 Å². The van der Waals surface area contributed by atoms with Crippen LogP contribution in [0.15, 0.2) is 41.3 Å². The van der Waals surface area contributed by atoms with Crippen LogP contribution < -0.4 is 5.56 Å². The number of rotatable bonds is 3. The van der Waals surface area contributed by atoms with Gasteiger partial charge in [0.05, 0.1) is 17.7 Å². The molecule has 1 N–H and O–H groups in total. The van der Waals surface area contributed by atoms with Gasteiger partial charge in [-0.15, -0.1) is 0 Å². The number of fused-ring (bicyclic) bond motifs is 1. The predicted octanol–water partition coefficient (Wildman–Crippen LogP) is 3.72. The van der Waals surface area contributed by atoms with Gasteiger partial charge in [-0.3, -0.25) is 14.7 Å². The van der Waals surface area contributed by atoms with Crippen molar-refractivity contribution in [2.75, 3.05) is 13.1 Å². The predicted molar refractivity (Wildman–Crippen MR) is 117 cm³/mol. The molecule has 3 aromatic rings. The van der Waals surface area contributed by atoms with Gasteiger partial charge in [-0.1, -0.05) is 43.5 Å². The number of aromatic amines is 1. The molecule has 7 nitrogen and oxygen atoms in total. The van der Waals surface area contributed by atoms with Crippen LogP contribution in [0.1, 0.15) is 60.4 Å². The van der Waals surface area contributed by atoms with Crippen LogP contribution in [0.2, 0.25) is 0 Å². The van der Waals surface area contributed by atoms with E-state index in [0.717, 1.165) is 5.56 Å². The van der Waals surface area contributed by atoms with E-state index in [1.165, 1.54) is 54.4 Å². The minimum absolute atomic E-state index is 0.136. The third-order valence-electron chi connectivity index (χ3n) is 6.67. The van der Waals surface area contributed by atoms with Crippen molar-refractivity contribution >= 4 is 11.6 Å². The van der Waals surface area contributed by atoms with E-state index in [4.69, 9.17) is 5.26 Å². The summed E-state index contributed by atoms with van der Waals surface area (Å²) in [6.45, 7) is 0.959. The fourth-order valence-corrected chi connectivity index (χ4v) is 4.87. The molecule has 1 aliphatic heterocycles. The van der Waals surface area contributed by atoms with Crippen molar-refractivity contribution in [3.05, 3.63) is 58.0 Å². The topological polar surface area (TPSA) is 94.3 Å². The lowest BCUT2D eigenvalue weighted by Crippen LogP contribution is -2.28. The van der Waals surface area contributed by atoms with E-state index in [-0.39, 0.29) is 17.4 Å². The Morgan fingerprint density at radius 1 is 1.13 bits per heavy atom. The third-order valence-corrected chi connectivity index (χ3v) is 6.67. The summed E-state index contributed by atoms with van der Waals surface area (Å²) in [5.74, 6) is 0.284. The molecule has 0 radical (unpaired) electrons. The normalized spacial score (nSPS) is 19.6. The van der Waals surface area contributed by atoms with Crippen molar-refractivity contribution in [2.45, 2.75) is 44.4 Å². The Morgan fingerprint density at radius 3 is 2.61 bits per heavy atom. The van der Waals surface area contributed by atoms with E-state index >= 15 is 0 Å². The number of amides is 1. The van der Waals surface area contributed by atoms with Crippen LogP contribution in [-0.2, 0) is 0 Å². The molecule has 1 aliphatic carbocycles. The average molecular weight is 415 g/mol. The number of likely N-dealkylation sites (tertiary alicyclic amines) is 1. The molecule has 1 aromatic carbocycles. The Kier molecular flexibility index (Phi) is 5.06. The van der Waals surface area contributed by atoms with Crippen molar-refractivity contribution in [3.8, 4) is 17.3 Å². The summed E-state index contributed by atoms with van der Waals surface area (Å²) in [6, 6.07) is 12.1. The molecule has 31 heavy (non-hydrogen) atoms. The molecule has 0 bridgehead atoms. The quantitative estimate of drug-likeness (QED) is 0.705. The highest BCUT2D eigenvalue weighted by Gasteiger charge is 2.29. The molecule has 1 amide bonds. The molecule has 158 valence electrons. The van der Waals surface area contributed by atoms with Gasteiger partial charge in [0.1, 0.15) is 5.56 Å². The maximum absolute atomic E-state index is 13.0. The molecule has 3 heterocycles. The zero-order valence-electron chi connectivity index (χ0n) is 17.4. The standard InChI is InChI=1S/C24H25N5O2/c25-13-16-10-11-28(15-16)24(31)20-14-26-29-22(30)12-21(27-23(20)29)19-8-6-18(7-9-19)17-4-2-1-3-5-17/h6-9,12,14,16-17,26H,1-5,10-11,15H2/t16-/m0/s1. The zero-order chi connectivity index (χ0) is 21.4. The first-order chi connectivity index (χ1) is 15.1. The lowest BCUT2D eigenvalue weighted by atomic mass is 9.84. The smallest absolute Gasteiger partial charge is 0.273 e. The highest BCUT2D eigenvalue weighted by atomic mass is 16.2. The van der Waals surface area contributed by atoms with Crippen LogP contribution in [0, 0.1) is 17.2 Å². The number of nitrogens with one attached hydrogen (secondary N) is 1. The molecule has 5 rings (SSSR count). The molecule has 2 aliphatic rings. The maximum Gasteiger partial charge on any atom is 0.273 e. The van der Waals surface area contributed by atoms with Gasteiger partial charge in [0.15, 0.2) is 5.65 Å². The number of aromatic nitrogens is 3. The number of hydrogen-bond acceptors (Lipinski definition) is 4. The SMILES string of the molecule is N#C[C@@H]1CCN(C(=O)c2c[nH]n3c(=O)cc(-c4ccc(C5CCCCC5)cc4)nc23)C1. The minimum Gasteiger partial charge on any atom is -0.337 e. The summed E-state index contributed by atoms with van der Waals surface area (Å²) >= 11 is 0. The van der Waals surface area contributed by atoms with Gasteiger partial charge in [-0.2, -0.15) is 5.26 Å². The summed E-state index contributed by atoms with van der Waals surface area (Å²) in [6.07, 6.45) is 8.59. The first kappa shape index (κ1) is 19.6. The van der Waals surface area contributed by atoms with Gasteiger partial charge in [0.2, 0.25) is 0 Å². The van der Waals surface area contributed by atoms with Crippen LogP contribution in [0.4, 0.5) is 0 Å². The van der Waals surface area contributed by atoms with Gasteiger partial charge in [0, 0.05) is 30.9 Å². The minimum atomic E-state index is -0.258. The van der Waals surface area contributed by atoms with Crippen molar-refractivity contribution < 1.29 is 4.79 Å². The lowest BCUT2D eigenvalue weighted by Gasteiger charge is -2.22. The number of carbonyl (C=O) groups excluding carboxylic acids is 1. The van der Waals surface area contributed by atoms with Crippen molar-refractivity contribution in [1.29, 1.82) is 5.26 Å². The highest BCUT2D eigenvalue weighted by molar-refractivity contribution is 6.00. The summed E-state index contributed by atoms with van der Waals surface area (Å²) in [7, 11) is 0. The van der Waals surface area contributed by atoms with E-state index in [0.29, 0.717) is 42.3 Å². The molecule has 7 heteroatoms. The molecule has 1 atom stereocenters. The fourth-order valence-electron chi connectivity index (χ4n) is 4.87. The Bertz CT molecular complexity index is 1210. The molecule has 1 saturated carbocycles. The number of hydrogen-bond donors (Lipinski definition) is 1. The number of benzene rings is 1. The van der Waals surface area contributed by atoms with Crippen LogP contribution >= 0.6 is 0 Å². The molecule has 2 aromatic heterocycles. The first-order valence-electron chi connectivity index (χ1n) is 11.0. The molecule has 0 unspecified atom stereocenters. The van der Waals surface area contributed by atoms with Crippen LogP contribution in [-0.4, -0.2) is 38.5 Å². The molecule has 2 fully saturated rings. The first-order valence-corrected chi connectivity index (χ1v) is 11.0. The number of carbonyl (C=O) groups is 1. The van der Waals surface area contributed by atoms with Gasteiger partial charge < -0.3 is 4.90 Å². The van der Waals surface area contributed by atoms with Crippen LogP contribution in [0.5, 0.6) is 0 Å². The number of nitriles is 1. The van der Waals surface area contributed by atoms with Gasteiger partial charge in [-0.25, -0.2) is 9.50 Å². The second-order valence-corrected chi connectivity index (χ2v) is 8.65. The largest absolute Gasteiger partial charge is 0.337 e. The summed E-state index contributed by atoms with van der Waals surface area (Å²) in [4.78, 5) is 32.0. The van der Waals surface area contributed by atoms with E-state index in [1.54, 1.807) is 4.90 Å². The zero-order valence-corrected chi connectivity index (χ0v) is 17.4. The molecule has 0 spiro atoms. The van der Waals surface area contributed by atoms with Crippen molar-refractivity contribution in [3.63, 3.8) is 0 Å². The van der Waals surface area contributed by atoms with E-state index < -0.39 is 0 Å². The Morgan fingerprint density at radius 2 is 1.90 bits per heavy atom. The fraction of sp³-hybridized carbons (Fsp3) is 0.417. The highest BCUT2D eigenvalue weighted by Crippen LogP contribution is 2.33. The molecular weight excluding hydrogens is 390 g/mol. The van der Waals surface area contributed by atoms with E-state index in [2.05, 4.69) is 28.3 Å². The van der Waals surface area contributed by atoms with E-state index in [1.807, 2.05) is 12.1 Å². The Balaban J connectivity index is 1.46. The summed E-state index contributed by atoms with van der Waals surface area (Å²) in [5.41, 5.74) is 3.20. The summed E-state index contributed by atoms with van der Waals surface area (Å²) in [5, 5.41) is 12.0. The Labute approximate surface area is 180 Å². The number of H-pyrrole nitrogens is 1. The van der Waals surface area contributed by atoms with Gasteiger partial charge >= 0.3 is 0 Å². The summed E-state index contributed by atoms with van der Waals surface area (Å²) < 4.78 is 1.30. The van der Waals surface area contributed by atoms with Gasteiger partial charge in [0.25, 0.3) is 11.5 Å². The van der Waals surface area contributed by atoms with E-state index in [9.17, 15) is 9.59 Å². The maximum atomic E-state index is 13.0. The Hall–Kier alpha value is -3.40. The lowest BCUT2D eigenvalue weighted by molar-refractivity contribution is 0.0791. The van der Waals surface area contributed by atoms with Gasteiger partial charge in [-0.05, 0) is 30.7 Å². The second kappa shape index (κ2) is 8.03. The van der Waals surface area contributed by atoms with Crippen molar-refractivity contribution in [1.82, 2.24) is 19.5 Å². The second-order valence-electron chi connectivity index (χ2n) is 8.65.